The summed E-state index contributed by atoms with van der Waals surface area (Å²) in [6.07, 6.45) is 0. The van der Waals surface area contributed by atoms with E-state index in [0.29, 0.717) is 11.8 Å². The molecule has 1 aromatic heterocycles. The smallest absolute Gasteiger partial charge is 0.0727 e. The third-order valence-corrected chi connectivity index (χ3v) is 3.45. The topological polar surface area (TPSA) is 42.1 Å². The lowest BCUT2D eigenvalue weighted by atomic mass is 10.1. The highest BCUT2D eigenvalue weighted by atomic mass is 15.1. The van der Waals surface area contributed by atoms with Crippen LogP contribution in [0.15, 0.2) is 24.3 Å². The van der Waals surface area contributed by atoms with Crippen molar-refractivity contribution in [1.82, 2.24) is 4.98 Å². The van der Waals surface area contributed by atoms with E-state index in [1.165, 1.54) is 5.69 Å². The summed E-state index contributed by atoms with van der Waals surface area (Å²) in [6, 6.07) is 8.18. The summed E-state index contributed by atoms with van der Waals surface area (Å²) in [5.41, 5.74) is 10.1. The van der Waals surface area contributed by atoms with E-state index in [1.807, 2.05) is 18.2 Å². The van der Waals surface area contributed by atoms with Crippen molar-refractivity contribution in [3.8, 4) is 0 Å². The zero-order valence-corrected chi connectivity index (χ0v) is 13.9. The summed E-state index contributed by atoms with van der Waals surface area (Å²) < 4.78 is 0. The van der Waals surface area contributed by atoms with E-state index in [4.69, 9.17) is 5.73 Å². The molecule has 0 aliphatic carbocycles. The number of pyridine rings is 1. The fourth-order valence-electron chi connectivity index (χ4n) is 2.77. The van der Waals surface area contributed by atoms with Crippen LogP contribution in [0.1, 0.15) is 33.4 Å². The summed E-state index contributed by atoms with van der Waals surface area (Å²) in [7, 11) is 0. The fraction of sp³-hybridized carbons (Fsp3) is 0.500. The van der Waals surface area contributed by atoms with Gasteiger partial charge in [-0.15, -0.1) is 0 Å². The molecule has 0 amide bonds. The number of nitrogen functional groups attached to an aromatic ring is 1. The van der Waals surface area contributed by atoms with Gasteiger partial charge in [0.25, 0.3) is 0 Å². The molecule has 0 aliphatic heterocycles. The minimum Gasteiger partial charge on any atom is -0.399 e. The van der Waals surface area contributed by atoms with E-state index in [1.54, 1.807) is 0 Å². The molecule has 0 aliphatic rings. The number of nitrogens with zero attached hydrogens (tertiary/aromatic N) is 2. The Morgan fingerprint density at radius 3 is 2.24 bits per heavy atom. The van der Waals surface area contributed by atoms with Gasteiger partial charge in [-0.3, -0.25) is 4.98 Å². The SMILES string of the molecule is Cc1cc(N(CC(C)C)CC(C)C)c2cc(N)ccc2n1. The molecular weight excluding hydrogens is 258 g/mol. The molecule has 2 N–H and O–H groups in total. The van der Waals surface area contributed by atoms with Gasteiger partial charge in [0, 0.05) is 35.5 Å². The highest BCUT2D eigenvalue weighted by Crippen LogP contribution is 2.29. The molecule has 1 aromatic carbocycles. The van der Waals surface area contributed by atoms with Crippen molar-refractivity contribution in [2.24, 2.45) is 11.8 Å². The lowest BCUT2D eigenvalue weighted by Gasteiger charge is -2.30. The maximum Gasteiger partial charge on any atom is 0.0727 e. The normalized spacial score (nSPS) is 11.6. The van der Waals surface area contributed by atoms with Crippen molar-refractivity contribution in [2.45, 2.75) is 34.6 Å². The van der Waals surface area contributed by atoms with Crippen molar-refractivity contribution in [3.63, 3.8) is 0 Å². The minimum absolute atomic E-state index is 0.619. The molecule has 0 bridgehead atoms. The summed E-state index contributed by atoms with van der Waals surface area (Å²) >= 11 is 0. The molecule has 0 unspecified atom stereocenters. The average Bonchev–Trinajstić information content (AvgIpc) is 2.36. The maximum atomic E-state index is 5.99. The van der Waals surface area contributed by atoms with Gasteiger partial charge in [0.1, 0.15) is 0 Å². The Kier molecular flexibility index (Phi) is 4.71. The van der Waals surface area contributed by atoms with Crippen LogP contribution in [0.5, 0.6) is 0 Å². The molecule has 2 aromatic rings. The van der Waals surface area contributed by atoms with Gasteiger partial charge in [0.15, 0.2) is 0 Å². The van der Waals surface area contributed by atoms with Crippen molar-refractivity contribution in [2.75, 3.05) is 23.7 Å². The zero-order valence-electron chi connectivity index (χ0n) is 13.9. The number of aromatic nitrogens is 1. The van der Waals surface area contributed by atoms with Crippen LogP contribution in [-0.2, 0) is 0 Å². The summed E-state index contributed by atoms with van der Waals surface area (Å²) in [4.78, 5) is 7.11. The number of nitrogens with two attached hydrogens (primary N) is 1. The predicted molar refractivity (Wildman–Crippen MR) is 92.8 cm³/mol. The second-order valence-electron chi connectivity index (χ2n) is 6.75. The number of hydrogen-bond acceptors (Lipinski definition) is 3. The number of hydrogen-bond donors (Lipinski definition) is 1. The van der Waals surface area contributed by atoms with Crippen LogP contribution in [0.25, 0.3) is 10.9 Å². The van der Waals surface area contributed by atoms with Gasteiger partial charge in [-0.25, -0.2) is 0 Å². The van der Waals surface area contributed by atoms with Crippen LogP contribution in [-0.4, -0.2) is 18.1 Å². The van der Waals surface area contributed by atoms with Crippen molar-refractivity contribution in [1.29, 1.82) is 0 Å². The van der Waals surface area contributed by atoms with Crippen LogP contribution in [0.4, 0.5) is 11.4 Å². The second kappa shape index (κ2) is 6.33. The highest BCUT2D eigenvalue weighted by Gasteiger charge is 2.15. The Morgan fingerprint density at radius 2 is 1.67 bits per heavy atom. The fourth-order valence-corrected chi connectivity index (χ4v) is 2.77. The third-order valence-electron chi connectivity index (χ3n) is 3.45. The molecule has 0 saturated heterocycles. The first-order valence-corrected chi connectivity index (χ1v) is 7.78. The van der Waals surface area contributed by atoms with E-state index in [0.717, 1.165) is 35.4 Å². The van der Waals surface area contributed by atoms with Gasteiger partial charge in [-0.05, 0) is 43.0 Å². The monoisotopic (exact) mass is 285 g/mol. The summed E-state index contributed by atoms with van der Waals surface area (Å²) in [5, 5.41) is 1.15. The lowest BCUT2D eigenvalue weighted by Crippen LogP contribution is -2.31. The first-order valence-electron chi connectivity index (χ1n) is 7.78. The van der Waals surface area contributed by atoms with Gasteiger partial charge < -0.3 is 10.6 Å². The summed E-state index contributed by atoms with van der Waals surface area (Å²) in [6.45, 7) is 13.2. The standard InChI is InChI=1S/C18H27N3/c1-12(2)10-21(11-13(3)4)18-8-14(5)20-17-7-6-15(19)9-16(17)18/h6-9,12-13H,10-11,19H2,1-5H3. The number of fused-ring (bicyclic) bond motifs is 1. The van der Waals surface area contributed by atoms with E-state index in [2.05, 4.69) is 50.6 Å². The molecule has 0 atom stereocenters. The van der Waals surface area contributed by atoms with Crippen LogP contribution in [0.3, 0.4) is 0 Å². The largest absolute Gasteiger partial charge is 0.399 e. The van der Waals surface area contributed by atoms with Crippen molar-refractivity contribution in [3.05, 3.63) is 30.0 Å². The Balaban J connectivity index is 2.56. The average molecular weight is 285 g/mol. The highest BCUT2D eigenvalue weighted by molar-refractivity contribution is 5.94. The first kappa shape index (κ1) is 15.6. The Morgan fingerprint density at radius 1 is 1.05 bits per heavy atom. The quantitative estimate of drug-likeness (QED) is 0.835. The number of rotatable bonds is 5. The number of anilines is 2. The maximum absolute atomic E-state index is 5.99. The molecule has 0 spiro atoms. The number of benzene rings is 1. The molecule has 2 rings (SSSR count). The Bertz CT molecular complexity index is 607. The predicted octanol–water partition coefficient (Wildman–Crippen LogP) is 4.24. The Labute approximate surface area is 128 Å². The molecule has 1 heterocycles. The summed E-state index contributed by atoms with van der Waals surface area (Å²) in [5.74, 6) is 1.24. The molecule has 0 fully saturated rings. The van der Waals surface area contributed by atoms with Crippen LogP contribution in [0, 0.1) is 18.8 Å². The molecular formula is C18H27N3. The zero-order chi connectivity index (χ0) is 15.6. The molecule has 21 heavy (non-hydrogen) atoms. The van der Waals surface area contributed by atoms with Crippen LogP contribution < -0.4 is 10.6 Å². The van der Waals surface area contributed by atoms with Gasteiger partial charge in [-0.1, -0.05) is 27.7 Å². The van der Waals surface area contributed by atoms with Crippen molar-refractivity contribution >= 4 is 22.3 Å². The van der Waals surface area contributed by atoms with E-state index < -0.39 is 0 Å². The molecule has 0 saturated carbocycles. The van der Waals surface area contributed by atoms with Gasteiger partial charge in [-0.2, -0.15) is 0 Å². The van der Waals surface area contributed by atoms with Gasteiger partial charge in [0.05, 0.1) is 5.52 Å². The molecule has 3 nitrogen and oxygen atoms in total. The number of aryl methyl sites for hydroxylation is 1. The first-order chi connectivity index (χ1) is 9.86. The molecule has 3 heteroatoms. The molecule has 114 valence electrons. The van der Waals surface area contributed by atoms with E-state index in [9.17, 15) is 0 Å². The van der Waals surface area contributed by atoms with Crippen molar-refractivity contribution < 1.29 is 0 Å². The van der Waals surface area contributed by atoms with Gasteiger partial charge in [0.2, 0.25) is 0 Å². The molecule has 0 radical (unpaired) electrons. The van der Waals surface area contributed by atoms with E-state index in [-0.39, 0.29) is 0 Å². The van der Waals surface area contributed by atoms with Crippen LogP contribution >= 0.6 is 0 Å². The lowest BCUT2D eigenvalue weighted by molar-refractivity contribution is 0.553. The third kappa shape index (κ3) is 3.87. The second-order valence-corrected chi connectivity index (χ2v) is 6.75. The minimum atomic E-state index is 0.619. The van der Waals surface area contributed by atoms with Crippen LogP contribution in [0.2, 0.25) is 0 Å². The van der Waals surface area contributed by atoms with E-state index >= 15 is 0 Å². The van der Waals surface area contributed by atoms with Gasteiger partial charge >= 0.3 is 0 Å². The Hall–Kier alpha value is -1.77.